The zero-order chi connectivity index (χ0) is 11.3. The van der Waals surface area contributed by atoms with Gasteiger partial charge in [0.25, 0.3) is 0 Å². The van der Waals surface area contributed by atoms with Crippen LogP contribution in [-0.4, -0.2) is 31.1 Å². The van der Waals surface area contributed by atoms with Gasteiger partial charge < -0.3 is 10.6 Å². The van der Waals surface area contributed by atoms with Crippen LogP contribution in [0.2, 0.25) is 0 Å². The first-order valence-corrected chi connectivity index (χ1v) is 6.54. The Morgan fingerprint density at radius 1 is 1.40 bits per heavy atom. The molecule has 0 aromatic heterocycles. The van der Waals surface area contributed by atoms with Crippen LogP contribution in [0.15, 0.2) is 0 Å². The molecule has 0 spiro atoms. The molecule has 1 aliphatic heterocycles. The summed E-state index contributed by atoms with van der Waals surface area (Å²) in [7, 11) is 0. The molecule has 2 nitrogen and oxygen atoms in total. The lowest BCUT2D eigenvalue weighted by atomic mass is 9.94. The average Bonchev–Trinajstić information content (AvgIpc) is 2.16. The van der Waals surface area contributed by atoms with E-state index in [2.05, 4.69) is 25.7 Å². The maximum Gasteiger partial charge on any atom is 0.00219 e. The Labute approximate surface area is 95.2 Å². The molecule has 0 radical (unpaired) electrons. The Balaban J connectivity index is 2.30. The molecule has 1 fully saturated rings. The first-order chi connectivity index (χ1) is 7.11. The normalized spacial score (nSPS) is 25.8. The Morgan fingerprint density at radius 3 is 2.67 bits per heavy atom. The van der Waals surface area contributed by atoms with E-state index in [1.807, 2.05) is 0 Å². The molecule has 15 heavy (non-hydrogen) atoms. The van der Waals surface area contributed by atoms with Crippen molar-refractivity contribution in [1.82, 2.24) is 4.90 Å². The standard InChI is InChI=1S/C13H28N2/c1-11(2)7-13(8-14)10-15-6-4-5-12(3)9-15/h11-13H,4-10,14H2,1-3H3. The van der Waals surface area contributed by atoms with Crippen LogP contribution in [0.3, 0.4) is 0 Å². The molecular formula is C13H28N2. The quantitative estimate of drug-likeness (QED) is 0.758. The van der Waals surface area contributed by atoms with Crippen molar-refractivity contribution >= 4 is 0 Å². The summed E-state index contributed by atoms with van der Waals surface area (Å²) in [6.07, 6.45) is 4.06. The van der Waals surface area contributed by atoms with Gasteiger partial charge in [-0.3, -0.25) is 0 Å². The Bertz CT molecular complexity index is 166. The lowest BCUT2D eigenvalue weighted by molar-refractivity contribution is 0.153. The summed E-state index contributed by atoms with van der Waals surface area (Å²) in [4.78, 5) is 2.62. The maximum absolute atomic E-state index is 5.85. The first kappa shape index (κ1) is 13.0. The molecule has 0 aromatic carbocycles. The Hall–Kier alpha value is -0.0800. The SMILES string of the molecule is CC(C)CC(CN)CN1CCCC(C)C1. The van der Waals surface area contributed by atoms with Crippen LogP contribution < -0.4 is 5.73 Å². The van der Waals surface area contributed by atoms with E-state index in [9.17, 15) is 0 Å². The van der Waals surface area contributed by atoms with Crippen molar-refractivity contribution in [3.8, 4) is 0 Å². The Morgan fingerprint density at radius 2 is 2.13 bits per heavy atom. The number of nitrogens with zero attached hydrogens (tertiary/aromatic N) is 1. The lowest BCUT2D eigenvalue weighted by Gasteiger charge is -2.33. The lowest BCUT2D eigenvalue weighted by Crippen LogP contribution is -2.39. The van der Waals surface area contributed by atoms with Crippen molar-refractivity contribution in [2.75, 3.05) is 26.2 Å². The van der Waals surface area contributed by atoms with Crippen LogP contribution >= 0.6 is 0 Å². The molecule has 1 rings (SSSR count). The van der Waals surface area contributed by atoms with E-state index in [4.69, 9.17) is 5.73 Å². The predicted molar refractivity (Wildman–Crippen MR) is 66.8 cm³/mol. The van der Waals surface area contributed by atoms with Gasteiger partial charge in [-0.25, -0.2) is 0 Å². The highest BCUT2D eigenvalue weighted by Crippen LogP contribution is 2.18. The summed E-state index contributed by atoms with van der Waals surface area (Å²) in [5.74, 6) is 2.37. The molecule has 2 unspecified atom stereocenters. The molecule has 2 atom stereocenters. The van der Waals surface area contributed by atoms with Crippen molar-refractivity contribution in [2.24, 2.45) is 23.5 Å². The van der Waals surface area contributed by atoms with Gasteiger partial charge in [0.05, 0.1) is 0 Å². The second kappa shape index (κ2) is 6.49. The second-order valence-corrected chi connectivity index (χ2v) is 5.74. The second-order valence-electron chi connectivity index (χ2n) is 5.74. The van der Waals surface area contributed by atoms with E-state index in [0.29, 0.717) is 5.92 Å². The average molecular weight is 212 g/mol. The fourth-order valence-corrected chi connectivity index (χ4v) is 2.73. The van der Waals surface area contributed by atoms with Gasteiger partial charge in [0.15, 0.2) is 0 Å². The molecule has 0 aromatic rings. The molecule has 0 bridgehead atoms. The molecule has 0 amide bonds. The topological polar surface area (TPSA) is 29.3 Å². The van der Waals surface area contributed by atoms with Gasteiger partial charge in [-0.1, -0.05) is 20.8 Å². The van der Waals surface area contributed by atoms with E-state index in [1.54, 1.807) is 0 Å². The fraction of sp³-hybridized carbons (Fsp3) is 1.00. The van der Waals surface area contributed by atoms with Crippen LogP contribution in [0.5, 0.6) is 0 Å². The summed E-state index contributed by atoms with van der Waals surface area (Å²) in [5, 5.41) is 0. The molecule has 0 saturated carbocycles. The van der Waals surface area contributed by atoms with Crippen LogP contribution in [0.4, 0.5) is 0 Å². The number of nitrogens with two attached hydrogens (primary N) is 1. The van der Waals surface area contributed by atoms with Gasteiger partial charge in [-0.2, -0.15) is 0 Å². The number of rotatable bonds is 5. The van der Waals surface area contributed by atoms with Crippen LogP contribution in [0.25, 0.3) is 0 Å². The maximum atomic E-state index is 5.85. The van der Waals surface area contributed by atoms with E-state index in [1.165, 1.54) is 38.9 Å². The van der Waals surface area contributed by atoms with Gasteiger partial charge in [-0.05, 0) is 50.1 Å². The summed E-state index contributed by atoms with van der Waals surface area (Å²) in [5.41, 5.74) is 5.85. The number of piperidine rings is 1. The van der Waals surface area contributed by atoms with E-state index in [-0.39, 0.29) is 0 Å². The van der Waals surface area contributed by atoms with E-state index in [0.717, 1.165) is 18.4 Å². The van der Waals surface area contributed by atoms with Crippen molar-refractivity contribution < 1.29 is 0 Å². The molecule has 1 saturated heterocycles. The molecule has 90 valence electrons. The summed E-state index contributed by atoms with van der Waals surface area (Å²) in [6, 6.07) is 0. The number of likely N-dealkylation sites (tertiary alicyclic amines) is 1. The summed E-state index contributed by atoms with van der Waals surface area (Å²) >= 11 is 0. The minimum Gasteiger partial charge on any atom is -0.330 e. The van der Waals surface area contributed by atoms with Crippen molar-refractivity contribution in [1.29, 1.82) is 0 Å². The molecule has 1 heterocycles. The monoisotopic (exact) mass is 212 g/mol. The molecule has 2 heteroatoms. The van der Waals surface area contributed by atoms with Crippen LogP contribution in [-0.2, 0) is 0 Å². The van der Waals surface area contributed by atoms with Crippen LogP contribution in [0.1, 0.15) is 40.0 Å². The molecular weight excluding hydrogens is 184 g/mol. The molecule has 1 aliphatic rings. The third-order valence-electron chi connectivity index (χ3n) is 3.40. The highest BCUT2D eigenvalue weighted by Gasteiger charge is 2.19. The first-order valence-electron chi connectivity index (χ1n) is 6.54. The van der Waals surface area contributed by atoms with E-state index >= 15 is 0 Å². The smallest absolute Gasteiger partial charge is 0.00219 e. The van der Waals surface area contributed by atoms with Gasteiger partial charge in [0, 0.05) is 13.1 Å². The molecule has 0 aliphatic carbocycles. The van der Waals surface area contributed by atoms with Crippen molar-refractivity contribution in [3.05, 3.63) is 0 Å². The minimum absolute atomic E-state index is 0.704. The zero-order valence-electron chi connectivity index (χ0n) is 10.7. The van der Waals surface area contributed by atoms with Crippen LogP contribution in [0, 0.1) is 17.8 Å². The number of hydrogen-bond acceptors (Lipinski definition) is 2. The molecule has 2 N–H and O–H groups in total. The van der Waals surface area contributed by atoms with Gasteiger partial charge in [0.2, 0.25) is 0 Å². The van der Waals surface area contributed by atoms with E-state index < -0.39 is 0 Å². The van der Waals surface area contributed by atoms with Gasteiger partial charge >= 0.3 is 0 Å². The zero-order valence-corrected chi connectivity index (χ0v) is 10.7. The minimum atomic E-state index is 0.704. The highest BCUT2D eigenvalue weighted by molar-refractivity contribution is 4.74. The summed E-state index contributed by atoms with van der Waals surface area (Å²) < 4.78 is 0. The Kier molecular flexibility index (Phi) is 5.62. The third kappa shape index (κ3) is 4.98. The van der Waals surface area contributed by atoms with Crippen molar-refractivity contribution in [3.63, 3.8) is 0 Å². The predicted octanol–water partition coefficient (Wildman–Crippen LogP) is 2.34. The van der Waals surface area contributed by atoms with Gasteiger partial charge in [-0.15, -0.1) is 0 Å². The highest BCUT2D eigenvalue weighted by atomic mass is 15.1. The van der Waals surface area contributed by atoms with Crippen molar-refractivity contribution in [2.45, 2.75) is 40.0 Å². The number of hydrogen-bond donors (Lipinski definition) is 1. The van der Waals surface area contributed by atoms with Gasteiger partial charge in [0.1, 0.15) is 0 Å². The summed E-state index contributed by atoms with van der Waals surface area (Å²) in [6.45, 7) is 11.6. The fourth-order valence-electron chi connectivity index (χ4n) is 2.73. The third-order valence-corrected chi connectivity index (χ3v) is 3.40. The largest absolute Gasteiger partial charge is 0.330 e.